The van der Waals surface area contributed by atoms with E-state index in [1.807, 2.05) is 155 Å². The Morgan fingerprint density at radius 1 is 0.372 bits per heavy atom. The van der Waals surface area contributed by atoms with Gasteiger partial charge in [0.2, 0.25) is 0 Å². The van der Waals surface area contributed by atoms with Crippen LogP contribution in [0.4, 0.5) is 14.4 Å². The van der Waals surface area contributed by atoms with Gasteiger partial charge in [0.1, 0.15) is 22.6 Å². The van der Waals surface area contributed by atoms with Gasteiger partial charge >= 0.3 is 201 Å². The number of alkyl carbamates (subject to hydrolysis) is 3. The van der Waals surface area contributed by atoms with E-state index >= 15 is 0 Å². The van der Waals surface area contributed by atoms with Crippen molar-refractivity contribution < 1.29 is 38.1 Å². The molecule has 11 aromatic carbocycles. The van der Waals surface area contributed by atoms with Crippen LogP contribution in [0.25, 0.3) is 48.6 Å². The molecule has 0 aliphatic carbocycles. The Balaban J connectivity index is 0.000000405. The molecule has 18 heteroatoms. The number of carbonyl (C=O) groups excluding carboxylic acids is 3. The van der Waals surface area contributed by atoms with Crippen LogP contribution in [-0.2, 0) is 25.1 Å². The molecular formula is C111H134Br3Cl3N3O8P. The SMILES string of the molecule is C=CCNC(=O)OC(C)(C)C.CCOCC.COc1cccc(Br)c1.Cc1cccc(C)c1/C=C/c1cccc(Br)c1.Cc1cccc(C)c1C=Cc1cccc(/C=C/CNC(=O)OC(C)(C)C)c1.Cc1cccc(C)c1C=Cc1cccc(/C=C/CNC(=O)OC(C)(C)C)c1.Cc1cccc(C)c1CP(Br)(c1ccccc1)(c1ccccc1)c1ccccc1.Cl.ClCCl. The fourth-order valence-corrected chi connectivity index (χ4v) is 21.4. The van der Waals surface area contributed by atoms with E-state index in [1.165, 1.54) is 88.2 Å². The molecule has 0 fully saturated rings. The molecule has 129 heavy (non-hydrogen) atoms. The van der Waals surface area contributed by atoms with Gasteiger partial charge < -0.3 is 39.6 Å². The molecule has 0 spiro atoms. The van der Waals surface area contributed by atoms with Crippen LogP contribution in [-0.4, -0.2) is 80.4 Å². The molecule has 0 aliphatic rings. The first-order valence-electron chi connectivity index (χ1n) is 42.8. The summed E-state index contributed by atoms with van der Waals surface area (Å²) in [6.45, 7) is 44.2. The van der Waals surface area contributed by atoms with Crippen LogP contribution in [0.5, 0.6) is 5.75 Å². The van der Waals surface area contributed by atoms with Crippen LogP contribution in [0.15, 0.2) is 295 Å². The molecule has 0 radical (unpaired) electrons. The number of ether oxygens (including phenoxy) is 5. The predicted octanol–water partition coefficient (Wildman–Crippen LogP) is 30.9. The zero-order chi connectivity index (χ0) is 94.7. The van der Waals surface area contributed by atoms with Crippen molar-refractivity contribution >= 4 is 171 Å². The molecule has 0 saturated carbocycles. The topological polar surface area (TPSA) is 133 Å². The summed E-state index contributed by atoms with van der Waals surface area (Å²) < 4.78 is 27.3. The summed E-state index contributed by atoms with van der Waals surface area (Å²) in [5.41, 5.74) is 20.0. The Morgan fingerprint density at radius 2 is 0.643 bits per heavy atom. The zero-order valence-corrected chi connectivity index (χ0v) is 86.8. The third-order valence-corrected chi connectivity index (χ3v) is 29.4. The van der Waals surface area contributed by atoms with Gasteiger partial charge in [0.15, 0.2) is 0 Å². The first kappa shape index (κ1) is 113. The minimum absolute atomic E-state index is 0. The van der Waals surface area contributed by atoms with Gasteiger partial charge in [-0.3, -0.25) is 0 Å². The molecule has 0 bridgehead atoms. The molecule has 0 saturated heterocycles. The maximum absolute atomic E-state index is 11.6. The number of nitrogens with one attached hydrogen (secondary N) is 3. The summed E-state index contributed by atoms with van der Waals surface area (Å²) >= 11 is 20.9. The smallest absolute Gasteiger partial charge is 0.0967 e. The Labute approximate surface area is 813 Å². The molecule has 0 atom stereocenters. The third-order valence-electron chi connectivity index (χ3n) is 19.0. The van der Waals surface area contributed by atoms with E-state index in [0.717, 1.165) is 56.3 Å². The largest absolute Gasteiger partial charge is 0.147 e. The van der Waals surface area contributed by atoms with Gasteiger partial charge in [0, 0.05) is 41.8 Å². The minimum Gasteiger partial charge on any atom is -0.147 e. The van der Waals surface area contributed by atoms with Crippen molar-refractivity contribution in [1.29, 1.82) is 0 Å². The number of amides is 3. The number of benzene rings is 11. The van der Waals surface area contributed by atoms with E-state index in [-0.39, 0.29) is 17.7 Å². The molecular weight excluding hydrogens is 1880 g/mol. The number of halogens is 6. The average molecular weight is 2020 g/mol. The van der Waals surface area contributed by atoms with Gasteiger partial charge in [-0.05, 0) is 238 Å². The molecule has 3 amide bonds. The van der Waals surface area contributed by atoms with E-state index in [1.54, 1.807) is 13.2 Å². The second kappa shape index (κ2) is 59.5. The number of hydrogen-bond acceptors (Lipinski definition) is 8. The standard InChI is InChI=1S/C27H26BrP.2C24H29NO2.C16H15Br.C8H15NO2.C7H7BrO.C4H10O.CH2Cl2.ClH/c1-22-13-12-14-23(2)27(22)21-29(28,24-15-6-3-7-16-24,25-17-8-4-9-18-25)26-19-10-5-11-20-26;2*1-18-9-6-10-19(2)22(18)15-14-21-12-7-11-20(17-21)13-8-16-25-23(26)27-24(3,4)5;1-12-5-3-6-13(2)16(12)10-9-14-7-4-8-15(17)11-14;1-5-6-9-7(10)11-8(2,3)4;1-9-7-4-2-3-6(8)5-7;1-3-5-4-2;2-1-3;/h3-20H,21H2,1-2H3;2*6-15,17H,16H2,1-5H3,(H,25,26);3-11H,1-2H3;5H,1,6H2,2-4H3,(H,9,10);2-5H,1H3;3-4H2,1-2H3;1H2;1H/b;2*13-8+,15-14?;10-9+;;;;;. The summed E-state index contributed by atoms with van der Waals surface area (Å²) in [4.78, 5) is 34.1. The number of methoxy groups -OCH3 is 1. The van der Waals surface area contributed by atoms with Crippen molar-refractivity contribution in [2.45, 2.75) is 155 Å². The van der Waals surface area contributed by atoms with E-state index in [4.69, 9.17) is 46.9 Å². The minimum atomic E-state index is -2.93. The first-order valence-corrected chi connectivity index (χ1v) is 49.9. The molecule has 0 unspecified atom stereocenters. The third kappa shape index (κ3) is 43.2. The summed E-state index contributed by atoms with van der Waals surface area (Å²) in [6, 6.07) is 91.3. The molecule has 0 heterocycles. The van der Waals surface area contributed by atoms with E-state index in [9.17, 15) is 14.4 Å². The van der Waals surface area contributed by atoms with Crippen LogP contribution < -0.4 is 36.6 Å². The van der Waals surface area contributed by atoms with Gasteiger partial charge in [0.05, 0.1) is 12.4 Å². The van der Waals surface area contributed by atoms with Crippen LogP contribution >= 0.6 is 88.3 Å². The fraction of sp³-hybridized carbons (Fsp3) is 0.270. The molecule has 11 rings (SSSR count). The fourth-order valence-electron chi connectivity index (χ4n) is 12.9. The number of carbonyl (C=O) groups is 3. The molecule has 3 N–H and O–H groups in total. The van der Waals surface area contributed by atoms with Gasteiger partial charge in [-0.25, -0.2) is 14.4 Å². The second-order valence-electron chi connectivity index (χ2n) is 32.8. The summed E-state index contributed by atoms with van der Waals surface area (Å²) in [5, 5.41) is 9.29. The second-order valence-corrected chi connectivity index (χ2v) is 44.4. The number of rotatable bonds is 22. The average Bonchev–Trinajstić information content (AvgIpc) is 0.700. The van der Waals surface area contributed by atoms with Crippen LogP contribution in [0.1, 0.15) is 171 Å². The van der Waals surface area contributed by atoms with Crippen molar-refractivity contribution in [3.05, 3.63) is 389 Å². The van der Waals surface area contributed by atoms with Crippen molar-refractivity contribution in [3.8, 4) is 5.75 Å². The summed E-state index contributed by atoms with van der Waals surface area (Å²) in [7, 11) is 1.65. The monoisotopic (exact) mass is 2010 g/mol. The Kier molecular flexibility index (Phi) is 52.2. The quantitative estimate of drug-likeness (QED) is 0.0201. The van der Waals surface area contributed by atoms with E-state index < -0.39 is 40.4 Å². The summed E-state index contributed by atoms with van der Waals surface area (Å²) in [5.74, 6) is 0.879. The molecule has 0 aromatic heterocycles. The van der Waals surface area contributed by atoms with E-state index in [2.05, 4.69) is 368 Å². The normalized spacial score (nSPS) is 11.3. The zero-order valence-electron chi connectivity index (χ0n) is 78.8. The van der Waals surface area contributed by atoms with Gasteiger partial charge in [-0.2, -0.15) is 0 Å². The van der Waals surface area contributed by atoms with Crippen LogP contribution in [0.2, 0.25) is 0 Å². The summed E-state index contributed by atoms with van der Waals surface area (Å²) in [6.07, 6.45) is 22.1. The van der Waals surface area contributed by atoms with Gasteiger partial charge in [-0.15, -0.1) is 42.2 Å². The maximum Gasteiger partial charge on any atom is 0.0967 e. The number of aryl methyl sites for hydroxylation is 8. The molecule has 11 nitrogen and oxygen atoms in total. The van der Waals surface area contributed by atoms with Crippen LogP contribution in [0, 0.1) is 55.4 Å². The maximum atomic E-state index is 11.6. The molecule has 11 aromatic rings. The van der Waals surface area contributed by atoms with Crippen molar-refractivity contribution in [3.63, 3.8) is 0 Å². The Hall–Kier alpha value is -9.83. The first-order chi connectivity index (χ1) is 60.8. The van der Waals surface area contributed by atoms with Gasteiger partial charge in [0.25, 0.3) is 0 Å². The van der Waals surface area contributed by atoms with E-state index in [0.29, 0.717) is 19.6 Å². The molecule has 688 valence electrons. The Bertz CT molecular complexity index is 5040. The van der Waals surface area contributed by atoms with Gasteiger partial charge in [-0.1, -0.05) is 208 Å². The van der Waals surface area contributed by atoms with Crippen molar-refractivity contribution in [1.82, 2.24) is 16.0 Å². The van der Waals surface area contributed by atoms with Crippen molar-refractivity contribution in [2.75, 3.05) is 45.3 Å². The molecule has 0 aliphatic heterocycles. The van der Waals surface area contributed by atoms with Crippen molar-refractivity contribution in [2.24, 2.45) is 0 Å². The number of alkyl halides is 2. The Morgan fingerprint density at radius 3 is 0.915 bits per heavy atom. The number of hydrogen-bond donors (Lipinski definition) is 3. The predicted molar refractivity (Wildman–Crippen MR) is 573 cm³/mol. The van der Waals surface area contributed by atoms with Crippen LogP contribution in [0.3, 0.4) is 0 Å².